The highest BCUT2D eigenvalue weighted by atomic mass is 15.3. The Hall–Kier alpha value is -0.790. The molecule has 84 valence electrons. The van der Waals surface area contributed by atoms with Crippen molar-refractivity contribution in [1.82, 2.24) is 9.78 Å². The molecule has 0 atom stereocenters. The molecular formula is C13H22N2. The molecule has 0 spiro atoms. The van der Waals surface area contributed by atoms with Gasteiger partial charge in [-0.25, -0.2) is 0 Å². The number of fused-ring (bicyclic) bond motifs is 1. The van der Waals surface area contributed by atoms with Crippen LogP contribution in [0, 0.1) is 0 Å². The highest BCUT2D eigenvalue weighted by Gasteiger charge is 2.22. The van der Waals surface area contributed by atoms with Crippen molar-refractivity contribution >= 4 is 0 Å². The van der Waals surface area contributed by atoms with Crippen LogP contribution in [0.5, 0.6) is 0 Å². The zero-order valence-corrected chi connectivity index (χ0v) is 10.4. The Bertz CT molecular complexity index is 348. The van der Waals surface area contributed by atoms with Crippen LogP contribution in [-0.4, -0.2) is 9.78 Å². The molecule has 2 rings (SSSR count). The lowest BCUT2D eigenvalue weighted by Gasteiger charge is -2.16. The predicted molar refractivity (Wildman–Crippen MR) is 63.3 cm³/mol. The molecule has 0 fully saturated rings. The Morgan fingerprint density at radius 2 is 1.73 bits per heavy atom. The van der Waals surface area contributed by atoms with E-state index in [1.807, 2.05) is 0 Å². The molecule has 0 radical (unpaired) electrons. The summed E-state index contributed by atoms with van der Waals surface area (Å²) in [6, 6.07) is 0.494. The summed E-state index contributed by atoms with van der Waals surface area (Å²) >= 11 is 0. The van der Waals surface area contributed by atoms with Crippen molar-refractivity contribution in [1.29, 1.82) is 0 Å². The van der Waals surface area contributed by atoms with Gasteiger partial charge in [-0.1, -0.05) is 13.8 Å². The fourth-order valence-corrected chi connectivity index (χ4v) is 2.60. The average molecular weight is 206 g/mol. The van der Waals surface area contributed by atoms with Gasteiger partial charge in [0.1, 0.15) is 0 Å². The zero-order chi connectivity index (χ0) is 11.0. The topological polar surface area (TPSA) is 17.8 Å². The number of aromatic nitrogens is 2. The molecule has 0 saturated carbocycles. The molecule has 1 aromatic heterocycles. The maximum Gasteiger partial charge on any atom is 0.0659 e. The molecule has 1 aliphatic rings. The van der Waals surface area contributed by atoms with Crippen molar-refractivity contribution in [2.45, 2.75) is 65.3 Å². The molecule has 15 heavy (non-hydrogen) atoms. The Kier molecular flexibility index (Phi) is 2.85. The molecular weight excluding hydrogens is 184 g/mol. The van der Waals surface area contributed by atoms with Crippen LogP contribution in [-0.2, 0) is 12.8 Å². The lowest BCUT2D eigenvalue weighted by molar-refractivity contribution is 0.493. The SMILES string of the molecule is CC(C)c1c2c(nn1C(C)C)CCCC2. The van der Waals surface area contributed by atoms with E-state index in [1.165, 1.54) is 37.1 Å². The number of rotatable bonds is 2. The average Bonchev–Trinajstić information content (AvgIpc) is 2.56. The van der Waals surface area contributed by atoms with E-state index in [2.05, 4.69) is 32.4 Å². The van der Waals surface area contributed by atoms with Crippen molar-refractivity contribution in [3.05, 3.63) is 17.0 Å². The van der Waals surface area contributed by atoms with Crippen LogP contribution in [0.1, 0.15) is 69.4 Å². The van der Waals surface area contributed by atoms with Gasteiger partial charge in [0.2, 0.25) is 0 Å². The molecule has 2 nitrogen and oxygen atoms in total. The summed E-state index contributed by atoms with van der Waals surface area (Å²) < 4.78 is 2.25. The van der Waals surface area contributed by atoms with Crippen molar-refractivity contribution in [3.8, 4) is 0 Å². The maximum absolute atomic E-state index is 4.79. The van der Waals surface area contributed by atoms with E-state index in [0.717, 1.165) is 0 Å². The second-order valence-corrected chi connectivity index (χ2v) is 5.21. The summed E-state index contributed by atoms with van der Waals surface area (Å²) in [5.41, 5.74) is 4.42. The van der Waals surface area contributed by atoms with E-state index < -0.39 is 0 Å². The third-order valence-electron chi connectivity index (χ3n) is 3.26. The van der Waals surface area contributed by atoms with Crippen molar-refractivity contribution < 1.29 is 0 Å². The molecule has 0 saturated heterocycles. The minimum Gasteiger partial charge on any atom is -0.266 e. The smallest absolute Gasteiger partial charge is 0.0659 e. The molecule has 0 bridgehead atoms. The van der Waals surface area contributed by atoms with E-state index >= 15 is 0 Å². The number of hydrogen-bond donors (Lipinski definition) is 0. The van der Waals surface area contributed by atoms with E-state index in [0.29, 0.717) is 12.0 Å². The van der Waals surface area contributed by atoms with Crippen LogP contribution in [0.2, 0.25) is 0 Å². The minimum absolute atomic E-state index is 0.494. The highest BCUT2D eigenvalue weighted by Crippen LogP contribution is 2.30. The first-order chi connectivity index (χ1) is 7.11. The highest BCUT2D eigenvalue weighted by molar-refractivity contribution is 5.31. The lowest BCUT2D eigenvalue weighted by Crippen LogP contribution is -2.09. The first kappa shape index (κ1) is 10.7. The summed E-state index contributed by atoms with van der Waals surface area (Å²) in [7, 11) is 0. The maximum atomic E-state index is 4.79. The fraction of sp³-hybridized carbons (Fsp3) is 0.769. The van der Waals surface area contributed by atoms with Crippen LogP contribution < -0.4 is 0 Å². The molecule has 1 aromatic rings. The molecule has 2 heteroatoms. The van der Waals surface area contributed by atoms with E-state index in [9.17, 15) is 0 Å². The van der Waals surface area contributed by atoms with Gasteiger partial charge < -0.3 is 0 Å². The zero-order valence-electron chi connectivity index (χ0n) is 10.4. The molecule has 0 N–H and O–H groups in total. The van der Waals surface area contributed by atoms with Crippen molar-refractivity contribution in [2.24, 2.45) is 0 Å². The minimum atomic E-state index is 0.494. The quantitative estimate of drug-likeness (QED) is 0.724. The number of aryl methyl sites for hydroxylation is 1. The van der Waals surface area contributed by atoms with Crippen molar-refractivity contribution in [3.63, 3.8) is 0 Å². The predicted octanol–water partition coefficient (Wildman–Crippen LogP) is 3.47. The van der Waals surface area contributed by atoms with E-state index in [-0.39, 0.29) is 0 Å². The van der Waals surface area contributed by atoms with Crippen LogP contribution in [0.15, 0.2) is 0 Å². The summed E-state index contributed by atoms with van der Waals surface area (Å²) in [4.78, 5) is 0. The van der Waals surface area contributed by atoms with Gasteiger partial charge in [0, 0.05) is 11.7 Å². The number of hydrogen-bond acceptors (Lipinski definition) is 1. The Balaban J connectivity index is 2.51. The summed E-state index contributed by atoms with van der Waals surface area (Å²) in [5, 5.41) is 4.79. The van der Waals surface area contributed by atoms with Gasteiger partial charge in [-0.2, -0.15) is 5.10 Å². The van der Waals surface area contributed by atoms with Crippen LogP contribution in [0.3, 0.4) is 0 Å². The Morgan fingerprint density at radius 3 is 2.33 bits per heavy atom. The Labute approximate surface area is 92.7 Å². The van der Waals surface area contributed by atoms with Gasteiger partial charge in [-0.15, -0.1) is 0 Å². The van der Waals surface area contributed by atoms with Gasteiger partial charge in [-0.05, 0) is 51.0 Å². The molecule has 0 unspecified atom stereocenters. The van der Waals surface area contributed by atoms with E-state index in [1.54, 1.807) is 5.56 Å². The van der Waals surface area contributed by atoms with Gasteiger partial charge >= 0.3 is 0 Å². The van der Waals surface area contributed by atoms with Gasteiger partial charge in [0.05, 0.1) is 5.69 Å². The third kappa shape index (κ3) is 1.82. The van der Waals surface area contributed by atoms with Gasteiger partial charge in [0.15, 0.2) is 0 Å². The lowest BCUT2D eigenvalue weighted by atomic mass is 9.92. The standard InChI is InChI=1S/C13H22N2/c1-9(2)13-11-7-5-6-8-12(11)14-15(13)10(3)4/h9-10H,5-8H2,1-4H3. The second kappa shape index (κ2) is 3.99. The third-order valence-corrected chi connectivity index (χ3v) is 3.26. The first-order valence-electron chi connectivity index (χ1n) is 6.21. The van der Waals surface area contributed by atoms with Gasteiger partial charge in [-0.3, -0.25) is 4.68 Å². The van der Waals surface area contributed by atoms with Crippen LogP contribution in [0.4, 0.5) is 0 Å². The molecule has 0 aromatic carbocycles. The van der Waals surface area contributed by atoms with Crippen LogP contribution >= 0.6 is 0 Å². The normalized spacial score (nSPS) is 16.1. The second-order valence-electron chi connectivity index (χ2n) is 5.21. The largest absolute Gasteiger partial charge is 0.266 e. The fourth-order valence-electron chi connectivity index (χ4n) is 2.60. The monoisotopic (exact) mass is 206 g/mol. The molecule has 1 heterocycles. The van der Waals surface area contributed by atoms with Gasteiger partial charge in [0.25, 0.3) is 0 Å². The summed E-state index contributed by atoms with van der Waals surface area (Å²) in [5.74, 6) is 0.599. The molecule has 1 aliphatic carbocycles. The van der Waals surface area contributed by atoms with E-state index in [4.69, 9.17) is 5.10 Å². The number of nitrogens with zero attached hydrogens (tertiary/aromatic N) is 2. The molecule has 0 amide bonds. The Morgan fingerprint density at radius 1 is 1.07 bits per heavy atom. The first-order valence-corrected chi connectivity index (χ1v) is 6.21. The summed E-state index contributed by atoms with van der Waals surface area (Å²) in [6.45, 7) is 9.02. The van der Waals surface area contributed by atoms with Crippen LogP contribution in [0.25, 0.3) is 0 Å². The molecule has 0 aliphatic heterocycles. The summed E-state index contributed by atoms with van der Waals surface area (Å²) in [6.07, 6.45) is 5.10. The van der Waals surface area contributed by atoms with Crippen molar-refractivity contribution in [2.75, 3.05) is 0 Å².